The molecule has 0 aliphatic carbocycles. The molecule has 0 unspecified atom stereocenters. The van der Waals surface area contributed by atoms with Gasteiger partial charge in [-0.3, -0.25) is 19.7 Å². The third-order valence-electron chi connectivity index (χ3n) is 5.39. The summed E-state index contributed by atoms with van der Waals surface area (Å²) in [4.78, 5) is 31.6. The maximum absolute atomic E-state index is 13.3. The number of benzene rings is 1. The number of H-pyrrole nitrogens is 1. The Bertz CT molecular complexity index is 1360. The number of aromatic nitrogens is 3. The van der Waals surface area contributed by atoms with E-state index in [2.05, 4.69) is 15.2 Å². The lowest BCUT2D eigenvalue weighted by Crippen LogP contribution is -2.40. The molecule has 11 nitrogen and oxygen atoms in total. The number of aryl methyl sites for hydroxylation is 1. The minimum atomic E-state index is -3.79. The Morgan fingerprint density at radius 1 is 1.10 bits per heavy atom. The third-order valence-corrected chi connectivity index (χ3v) is 7.29. The van der Waals surface area contributed by atoms with E-state index in [-0.39, 0.29) is 40.7 Å². The van der Waals surface area contributed by atoms with Crippen molar-refractivity contribution in [1.29, 1.82) is 0 Å². The fourth-order valence-electron chi connectivity index (χ4n) is 3.91. The van der Waals surface area contributed by atoms with E-state index >= 15 is 0 Å². The van der Waals surface area contributed by atoms with Crippen LogP contribution in [0.5, 0.6) is 0 Å². The maximum Gasteiger partial charge on any atom is 0.269 e. The Kier molecular flexibility index (Phi) is 4.32. The number of amides is 2. The fourth-order valence-corrected chi connectivity index (χ4v) is 5.34. The molecule has 0 saturated carbocycles. The van der Waals surface area contributed by atoms with Gasteiger partial charge in [-0.05, 0) is 25.1 Å². The molecule has 1 saturated heterocycles. The SMILES string of the molecule is Cc1nc2ccc(S(=O)(=O)N3CCOCC3)cc2c2c1C(=O)N(c1cc(N)[nH]n1)C2=O. The van der Waals surface area contributed by atoms with Crippen LogP contribution in [0.15, 0.2) is 29.2 Å². The molecule has 0 radical (unpaired) electrons. The second-order valence-electron chi connectivity index (χ2n) is 7.27. The van der Waals surface area contributed by atoms with E-state index in [1.807, 2.05) is 0 Å². The lowest BCUT2D eigenvalue weighted by Gasteiger charge is -2.26. The van der Waals surface area contributed by atoms with E-state index < -0.39 is 21.8 Å². The first-order valence-corrected chi connectivity index (χ1v) is 10.9. The van der Waals surface area contributed by atoms with Crippen LogP contribution in [0.2, 0.25) is 0 Å². The highest BCUT2D eigenvalue weighted by molar-refractivity contribution is 7.89. The highest BCUT2D eigenvalue weighted by Gasteiger charge is 2.41. The minimum absolute atomic E-state index is 0.0254. The van der Waals surface area contributed by atoms with Crippen LogP contribution in [-0.2, 0) is 14.8 Å². The van der Waals surface area contributed by atoms with Crippen LogP contribution in [0, 0.1) is 6.92 Å². The van der Waals surface area contributed by atoms with Crippen molar-refractivity contribution in [3.05, 3.63) is 41.1 Å². The van der Waals surface area contributed by atoms with Crippen LogP contribution in [-0.4, -0.2) is 66.0 Å². The van der Waals surface area contributed by atoms with Gasteiger partial charge in [0.15, 0.2) is 5.82 Å². The van der Waals surface area contributed by atoms with Crippen molar-refractivity contribution >= 4 is 44.4 Å². The van der Waals surface area contributed by atoms with Gasteiger partial charge < -0.3 is 10.5 Å². The molecule has 2 aliphatic heterocycles. The zero-order valence-corrected chi connectivity index (χ0v) is 17.3. The van der Waals surface area contributed by atoms with Crippen LogP contribution in [0.4, 0.5) is 11.6 Å². The number of nitrogens with zero attached hydrogens (tertiary/aromatic N) is 4. The van der Waals surface area contributed by atoms with Crippen molar-refractivity contribution < 1.29 is 22.7 Å². The minimum Gasteiger partial charge on any atom is -0.384 e. The van der Waals surface area contributed by atoms with Crippen molar-refractivity contribution in [1.82, 2.24) is 19.5 Å². The number of nitrogen functional groups attached to an aromatic ring is 1. The number of hydrogen-bond donors (Lipinski definition) is 2. The summed E-state index contributed by atoms with van der Waals surface area (Å²) in [5.74, 6) is -0.929. The van der Waals surface area contributed by atoms with Crippen LogP contribution < -0.4 is 10.6 Å². The second kappa shape index (κ2) is 6.83. The summed E-state index contributed by atoms with van der Waals surface area (Å²) >= 11 is 0. The molecule has 0 spiro atoms. The van der Waals surface area contributed by atoms with E-state index in [1.54, 1.807) is 13.0 Å². The van der Waals surface area contributed by atoms with E-state index in [9.17, 15) is 18.0 Å². The number of ether oxygens (including phenoxy) is 1. The number of anilines is 2. The summed E-state index contributed by atoms with van der Waals surface area (Å²) in [6.45, 7) is 2.76. The molecule has 160 valence electrons. The van der Waals surface area contributed by atoms with E-state index in [0.29, 0.717) is 29.8 Å². The highest BCUT2D eigenvalue weighted by Crippen LogP contribution is 2.35. The zero-order valence-electron chi connectivity index (χ0n) is 16.5. The van der Waals surface area contributed by atoms with Gasteiger partial charge in [0, 0.05) is 24.5 Å². The Balaban J connectivity index is 1.68. The van der Waals surface area contributed by atoms with Crippen molar-refractivity contribution in [3.8, 4) is 0 Å². The van der Waals surface area contributed by atoms with E-state index in [4.69, 9.17) is 10.5 Å². The summed E-state index contributed by atoms with van der Waals surface area (Å²) in [6, 6.07) is 5.78. The van der Waals surface area contributed by atoms with Crippen molar-refractivity contribution in [3.63, 3.8) is 0 Å². The average molecular weight is 442 g/mol. The molecular formula is C19H18N6O5S. The van der Waals surface area contributed by atoms with Gasteiger partial charge >= 0.3 is 0 Å². The van der Waals surface area contributed by atoms with Gasteiger partial charge in [0.25, 0.3) is 11.8 Å². The maximum atomic E-state index is 13.3. The molecule has 1 aromatic carbocycles. The zero-order chi connectivity index (χ0) is 21.9. The number of pyridine rings is 1. The number of sulfonamides is 1. The number of fused-ring (bicyclic) bond motifs is 3. The summed E-state index contributed by atoms with van der Waals surface area (Å²) < 4.78 is 32.8. The number of nitrogens with two attached hydrogens (primary N) is 1. The molecule has 2 amide bonds. The summed E-state index contributed by atoms with van der Waals surface area (Å²) in [7, 11) is -3.79. The van der Waals surface area contributed by atoms with Gasteiger partial charge in [-0.25, -0.2) is 13.3 Å². The summed E-state index contributed by atoms with van der Waals surface area (Å²) in [5.41, 5.74) is 6.66. The Morgan fingerprint density at radius 3 is 2.48 bits per heavy atom. The molecule has 2 aromatic heterocycles. The smallest absolute Gasteiger partial charge is 0.269 e. The summed E-state index contributed by atoms with van der Waals surface area (Å²) in [5, 5.41) is 6.70. The van der Waals surface area contributed by atoms with Gasteiger partial charge in [-0.2, -0.15) is 9.40 Å². The third kappa shape index (κ3) is 2.91. The molecule has 3 aromatic rings. The normalized spacial score (nSPS) is 17.5. The molecular weight excluding hydrogens is 424 g/mol. The predicted molar refractivity (Wildman–Crippen MR) is 110 cm³/mol. The Labute approximate surface area is 176 Å². The quantitative estimate of drug-likeness (QED) is 0.562. The topological polar surface area (TPSA) is 152 Å². The fraction of sp³-hybridized carbons (Fsp3) is 0.263. The average Bonchev–Trinajstić information content (AvgIpc) is 3.29. The first-order chi connectivity index (χ1) is 14.8. The molecule has 1 fully saturated rings. The van der Waals surface area contributed by atoms with Gasteiger partial charge in [0.2, 0.25) is 10.0 Å². The van der Waals surface area contributed by atoms with Crippen molar-refractivity contribution in [2.45, 2.75) is 11.8 Å². The number of morpholine rings is 1. The molecule has 4 heterocycles. The van der Waals surface area contributed by atoms with E-state index in [0.717, 1.165) is 4.90 Å². The number of hydrogen-bond acceptors (Lipinski definition) is 8. The standard InChI is InChI=1S/C19H18N6O5S/c1-10-16-17(19(27)25(18(16)26)15-9-14(20)22-23-15)12-8-11(2-3-13(12)21-10)31(28,29)24-4-6-30-7-5-24/h2-3,8-9H,4-7H2,1H3,(H3,20,22,23). The van der Waals surface area contributed by atoms with Crippen LogP contribution in [0.25, 0.3) is 10.9 Å². The monoisotopic (exact) mass is 442 g/mol. The van der Waals surface area contributed by atoms with Crippen molar-refractivity contribution in [2.75, 3.05) is 36.9 Å². The molecule has 0 bridgehead atoms. The van der Waals surface area contributed by atoms with Gasteiger partial charge in [-0.1, -0.05) is 0 Å². The molecule has 31 heavy (non-hydrogen) atoms. The highest BCUT2D eigenvalue weighted by atomic mass is 32.2. The predicted octanol–water partition coefficient (Wildman–Crippen LogP) is 0.670. The Hall–Kier alpha value is -3.35. The second-order valence-corrected chi connectivity index (χ2v) is 9.21. The number of carbonyl (C=O) groups is 2. The van der Waals surface area contributed by atoms with Crippen LogP contribution in [0.1, 0.15) is 26.4 Å². The molecule has 0 atom stereocenters. The molecule has 5 rings (SSSR count). The lowest BCUT2D eigenvalue weighted by atomic mass is 10.0. The number of rotatable bonds is 3. The number of imide groups is 1. The largest absolute Gasteiger partial charge is 0.384 e. The summed E-state index contributed by atoms with van der Waals surface area (Å²) in [6.07, 6.45) is 0. The van der Waals surface area contributed by atoms with Gasteiger partial charge in [0.1, 0.15) is 5.82 Å². The number of carbonyl (C=O) groups excluding carboxylic acids is 2. The van der Waals surface area contributed by atoms with Gasteiger partial charge in [-0.15, -0.1) is 0 Å². The van der Waals surface area contributed by atoms with Crippen molar-refractivity contribution in [2.24, 2.45) is 0 Å². The number of aromatic amines is 1. The van der Waals surface area contributed by atoms with Crippen LogP contribution >= 0.6 is 0 Å². The first kappa shape index (κ1) is 19.6. The first-order valence-electron chi connectivity index (χ1n) is 9.51. The molecule has 2 aliphatic rings. The van der Waals surface area contributed by atoms with Crippen LogP contribution in [0.3, 0.4) is 0 Å². The van der Waals surface area contributed by atoms with Gasteiger partial charge in [0.05, 0.1) is 40.4 Å². The Morgan fingerprint density at radius 2 is 1.81 bits per heavy atom. The van der Waals surface area contributed by atoms with E-state index in [1.165, 1.54) is 22.5 Å². The molecule has 3 N–H and O–H groups in total. The lowest BCUT2D eigenvalue weighted by molar-refractivity contribution is 0.0730. The molecule has 12 heteroatoms. The number of nitrogens with one attached hydrogen (secondary N) is 1.